The lowest BCUT2D eigenvalue weighted by molar-refractivity contribution is 0.0422. The number of halogens is 1. The first-order chi connectivity index (χ1) is 12.5. The number of hydrogen-bond acceptors (Lipinski definition) is 6. The Balaban J connectivity index is 1.69. The van der Waals surface area contributed by atoms with Gasteiger partial charge in [-0.1, -0.05) is 18.2 Å². The molecule has 1 aromatic carbocycles. The Morgan fingerprint density at radius 3 is 2.58 bits per heavy atom. The predicted molar refractivity (Wildman–Crippen MR) is 93.0 cm³/mol. The largest absolute Gasteiger partial charge is 0.460 e. The van der Waals surface area contributed by atoms with Gasteiger partial charge >= 0.3 is 5.97 Å². The van der Waals surface area contributed by atoms with E-state index in [2.05, 4.69) is 0 Å². The number of nitrogens with zero attached hydrogens (tertiary/aromatic N) is 1. The Hall–Kier alpha value is -2.19. The Kier molecular flexibility index (Phi) is 5.73. The van der Waals surface area contributed by atoms with E-state index in [-0.39, 0.29) is 35.7 Å². The molecule has 1 saturated heterocycles. The molecule has 6 nitrogen and oxygen atoms in total. The van der Waals surface area contributed by atoms with Crippen LogP contribution in [0.4, 0.5) is 4.39 Å². The molecule has 1 fully saturated rings. The fraction of sp³-hybridized carbons (Fsp3) is 0.389. The summed E-state index contributed by atoms with van der Waals surface area (Å²) < 4.78 is 47.8. The first kappa shape index (κ1) is 18.6. The zero-order valence-corrected chi connectivity index (χ0v) is 15.0. The minimum atomic E-state index is -3.04. The maximum atomic E-state index is 14.3. The average Bonchev–Trinajstić information content (AvgIpc) is 3.15. The van der Waals surface area contributed by atoms with Crippen molar-refractivity contribution < 1.29 is 26.8 Å². The molecule has 1 atom stereocenters. The Bertz CT molecular complexity index is 836. The first-order valence-electron chi connectivity index (χ1n) is 8.36. The summed E-state index contributed by atoms with van der Waals surface area (Å²) in [5, 5.41) is 0. The van der Waals surface area contributed by atoms with Gasteiger partial charge in [-0.05, 0) is 18.2 Å². The van der Waals surface area contributed by atoms with Gasteiger partial charge in [-0.3, -0.25) is 4.90 Å². The molecule has 0 saturated carbocycles. The number of hydrogen-bond donors (Lipinski definition) is 0. The third-order valence-corrected chi connectivity index (χ3v) is 6.04. The van der Waals surface area contributed by atoms with Crippen LogP contribution in [0.15, 0.2) is 47.1 Å². The lowest BCUT2D eigenvalue weighted by Gasteiger charge is -2.34. The quantitative estimate of drug-likeness (QED) is 0.716. The number of esters is 1. The average molecular weight is 381 g/mol. The van der Waals surface area contributed by atoms with Gasteiger partial charge in [0.2, 0.25) is 5.76 Å². The number of carbonyl (C=O) groups excluding carboxylic acids is 1. The van der Waals surface area contributed by atoms with Crippen molar-refractivity contribution in [2.75, 3.05) is 31.2 Å². The second kappa shape index (κ2) is 8.01. The number of rotatable bonds is 6. The maximum absolute atomic E-state index is 14.3. The van der Waals surface area contributed by atoms with Gasteiger partial charge in [0, 0.05) is 31.1 Å². The van der Waals surface area contributed by atoms with Crippen LogP contribution in [0.25, 0.3) is 0 Å². The topological polar surface area (TPSA) is 76.8 Å². The smallest absolute Gasteiger partial charge is 0.374 e. The van der Waals surface area contributed by atoms with Crippen molar-refractivity contribution in [3.05, 3.63) is 59.8 Å². The van der Waals surface area contributed by atoms with E-state index in [1.54, 1.807) is 24.3 Å². The van der Waals surface area contributed by atoms with Crippen LogP contribution in [0.2, 0.25) is 0 Å². The highest BCUT2D eigenvalue weighted by atomic mass is 32.2. The number of benzene rings is 1. The van der Waals surface area contributed by atoms with Crippen molar-refractivity contribution in [2.24, 2.45) is 0 Å². The molecule has 1 aromatic heterocycles. The summed E-state index contributed by atoms with van der Waals surface area (Å²) in [6.07, 6.45) is 1.74. The summed E-state index contributed by atoms with van der Waals surface area (Å²) in [7, 11) is -3.04. The Morgan fingerprint density at radius 1 is 1.19 bits per heavy atom. The second-order valence-electron chi connectivity index (χ2n) is 6.13. The summed E-state index contributed by atoms with van der Waals surface area (Å²) in [6, 6.07) is 9.12. The van der Waals surface area contributed by atoms with Gasteiger partial charge in [0.1, 0.15) is 5.82 Å². The van der Waals surface area contributed by atoms with E-state index >= 15 is 0 Å². The minimum Gasteiger partial charge on any atom is -0.460 e. The molecule has 2 heterocycles. The van der Waals surface area contributed by atoms with E-state index in [1.165, 1.54) is 18.4 Å². The molecule has 1 aliphatic rings. The zero-order valence-electron chi connectivity index (χ0n) is 14.1. The van der Waals surface area contributed by atoms with Gasteiger partial charge in [0.15, 0.2) is 9.84 Å². The number of ether oxygens (including phenoxy) is 1. The molecule has 140 valence electrons. The van der Waals surface area contributed by atoms with E-state index in [4.69, 9.17) is 9.15 Å². The molecule has 2 aromatic rings. The summed E-state index contributed by atoms with van der Waals surface area (Å²) >= 11 is 0. The molecule has 0 N–H and O–H groups in total. The molecule has 0 aliphatic carbocycles. The fourth-order valence-corrected chi connectivity index (χ4v) is 4.28. The standard InChI is InChI=1S/C18H20FNO5S/c19-15-5-2-1-4-14(15)16(20-8-12-26(22,23)13-9-20)7-11-25-18(21)17-6-3-10-24-17/h1-6,10,16H,7-9,11-13H2. The SMILES string of the molecule is O=C(OCCC(c1ccccc1F)N1CCS(=O)(=O)CC1)c1ccco1. The molecule has 1 unspecified atom stereocenters. The lowest BCUT2D eigenvalue weighted by Crippen LogP contribution is -2.43. The molecule has 1 aliphatic heterocycles. The van der Waals surface area contributed by atoms with Crippen LogP contribution >= 0.6 is 0 Å². The molecule has 0 radical (unpaired) electrons. The van der Waals surface area contributed by atoms with Crippen molar-refractivity contribution in [3.63, 3.8) is 0 Å². The van der Waals surface area contributed by atoms with Crippen LogP contribution < -0.4 is 0 Å². The van der Waals surface area contributed by atoms with Gasteiger partial charge < -0.3 is 9.15 Å². The van der Waals surface area contributed by atoms with Crippen LogP contribution in [-0.2, 0) is 14.6 Å². The fourth-order valence-electron chi connectivity index (χ4n) is 3.05. The second-order valence-corrected chi connectivity index (χ2v) is 8.43. The van der Waals surface area contributed by atoms with Crippen LogP contribution in [0, 0.1) is 5.82 Å². The highest BCUT2D eigenvalue weighted by molar-refractivity contribution is 7.91. The normalized spacial score (nSPS) is 18.3. The van der Waals surface area contributed by atoms with Gasteiger partial charge in [0.25, 0.3) is 0 Å². The third kappa shape index (κ3) is 4.50. The summed E-state index contributed by atoms with van der Waals surface area (Å²) in [6.45, 7) is 0.725. The Morgan fingerprint density at radius 2 is 1.92 bits per heavy atom. The van der Waals surface area contributed by atoms with Crippen molar-refractivity contribution in [1.82, 2.24) is 4.90 Å². The highest BCUT2D eigenvalue weighted by Crippen LogP contribution is 2.28. The lowest BCUT2D eigenvalue weighted by atomic mass is 10.0. The van der Waals surface area contributed by atoms with Gasteiger partial charge in [-0.15, -0.1) is 0 Å². The van der Waals surface area contributed by atoms with E-state index < -0.39 is 15.8 Å². The molecular formula is C18H20FNO5S. The third-order valence-electron chi connectivity index (χ3n) is 4.43. The molecule has 3 rings (SSSR count). The first-order valence-corrected chi connectivity index (χ1v) is 10.2. The van der Waals surface area contributed by atoms with Crippen LogP contribution in [0.5, 0.6) is 0 Å². The minimum absolute atomic E-state index is 0.0458. The Labute approximate surface area is 151 Å². The van der Waals surface area contributed by atoms with Crippen LogP contribution in [0.1, 0.15) is 28.6 Å². The monoisotopic (exact) mass is 381 g/mol. The van der Waals surface area contributed by atoms with E-state index in [0.717, 1.165) is 0 Å². The highest BCUT2D eigenvalue weighted by Gasteiger charge is 2.29. The summed E-state index contributed by atoms with van der Waals surface area (Å²) in [5.41, 5.74) is 0.473. The molecule has 26 heavy (non-hydrogen) atoms. The maximum Gasteiger partial charge on any atom is 0.374 e. The van der Waals surface area contributed by atoms with Crippen LogP contribution in [0.3, 0.4) is 0 Å². The van der Waals surface area contributed by atoms with E-state index in [0.29, 0.717) is 25.1 Å². The number of furan rings is 1. The number of sulfone groups is 1. The zero-order chi connectivity index (χ0) is 18.6. The van der Waals surface area contributed by atoms with E-state index in [9.17, 15) is 17.6 Å². The van der Waals surface area contributed by atoms with Crippen molar-refractivity contribution in [2.45, 2.75) is 12.5 Å². The molecule has 0 spiro atoms. The van der Waals surface area contributed by atoms with Gasteiger partial charge in [-0.25, -0.2) is 17.6 Å². The summed E-state index contributed by atoms with van der Waals surface area (Å²) in [5.74, 6) is -0.739. The summed E-state index contributed by atoms with van der Waals surface area (Å²) in [4.78, 5) is 13.8. The van der Waals surface area contributed by atoms with Crippen molar-refractivity contribution in [3.8, 4) is 0 Å². The van der Waals surface area contributed by atoms with Crippen molar-refractivity contribution >= 4 is 15.8 Å². The van der Waals surface area contributed by atoms with Crippen LogP contribution in [-0.4, -0.2) is 50.5 Å². The van der Waals surface area contributed by atoms with E-state index in [1.807, 2.05) is 4.90 Å². The number of carbonyl (C=O) groups is 1. The predicted octanol–water partition coefficient (Wildman–Crippen LogP) is 2.44. The van der Waals surface area contributed by atoms with Gasteiger partial charge in [0.05, 0.1) is 24.4 Å². The molecule has 8 heteroatoms. The molecular weight excluding hydrogens is 361 g/mol. The van der Waals surface area contributed by atoms with Gasteiger partial charge in [-0.2, -0.15) is 0 Å². The molecule has 0 amide bonds. The molecule has 0 bridgehead atoms. The van der Waals surface area contributed by atoms with Crippen molar-refractivity contribution in [1.29, 1.82) is 0 Å².